The van der Waals surface area contributed by atoms with Crippen LogP contribution in [-0.2, 0) is 0 Å². The maximum absolute atomic E-state index is 2.37. The Bertz CT molecular complexity index is 1210. The first-order valence-corrected chi connectivity index (χ1v) is 15.3. The molecule has 216 valence electrons. The van der Waals surface area contributed by atoms with Crippen LogP contribution in [0.2, 0.25) is 0 Å². The van der Waals surface area contributed by atoms with Crippen molar-refractivity contribution in [2.75, 3.05) is 0 Å². The highest BCUT2D eigenvalue weighted by Crippen LogP contribution is 2.41. The van der Waals surface area contributed by atoms with Gasteiger partial charge in [-0.3, -0.25) is 0 Å². The van der Waals surface area contributed by atoms with Crippen molar-refractivity contribution in [3.8, 4) is 0 Å². The average molecular weight is 537 g/mol. The first kappa shape index (κ1) is 33.3. The van der Waals surface area contributed by atoms with Gasteiger partial charge in [-0.15, -0.1) is 0 Å². The zero-order valence-corrected chi connectivity index (χ0v) is 27.3. The lowest BCUT2D eigenvalue weighted by Gasteiger charge is -2.32. The molecular weight excluding hydrogens is 480 g/mol. The van der Waals surface area contributed by atoms with Crippen LogP contribution in [0.5, 0.6) is 0 Å². The fourth-order valence-electron chi connectivity index (χ4n) is 5.65. The van der Waals surface area contributed by atoms with Gasteiger partial charge < -0.3 is 0 Å². The van der Waals surface area contributed by atoms with Gasteiger partial charge >= 0.3 is 0 Å². The Morgan fingerprint density at radius 2 is 1.38 bits per heavy atom. The van der Waals surface area contributed by atoms with Crippen LogP contribution >= 0.6 is 0 Å². The fourth-order valence-corrected chi connectivity index (χ4v) is 5.65. The maximum Gasteiger partial charge on any atom is 0.00749 e. The Kier molecular flexibility index (Phi) is 13.2. The summed E-state index contributed by atoms with van der Waals surface area (Å²) in [5, 5.41) is 0. The van der Waals surface area contributed by atoms with Crippen molar-refractivity contribution < 1.29 is 0 Å². The molecule has 0 heterocycles. The summed E-state index contributed by atoms with van der Waals surface area (Å²) in [6.07, 6.45) is 38.5. The van der Waals surface area contributed by atoms with Gasteiger partial charge in [-0.2, -0.15) is 0 Å². The molecule has 0 radical (unpaired) electrons. The van der Waals surface area contributed by atoms with E-state index in [0.717, 1.165) is 19.3 Å². The summed E-state index contributed by atoms with van der Waals surface area (Å²) in [5.41, 5.74) is 11.7. The van der Waals surface area contributed by atoms with Crippen LogP contribution in [0.1, 0.15) is 108 Å². The molecule has 0 heteroatoms. The molecule has 0 spiro atoms. The van der Waals surface area contributed by atoms with Gasteiger partial charge in [0, 0.05) is 5.41 Å². The van der Waals surface area contributed by atoms with E-state index in [-0.39, 0.29) is 5.41 Å². The number of allylic oxidation sites excluding steroid dienone is 22. The molecule has 2 aliphatic rings. The monoisotopic (exact) mass is 536 g/mol. The Hall–Kier alpha value is -2.86. The molecule has 0 aromatic carbocycles. The third kappa shape index (κ3) is 11.3. The number of rotatable bonds is 11. The van der Waals surface area contributed by atoms with E-state index in [1.165, 1.54) is 58.3 Å². The largest absolute Gasteiger partial charge is 0.0836 e. The Labute approximate surface area is 247 Å². The minimum atomic E-state index is 0.129. The van der Waals surface area contributed by atoms with Crippen molar-refractivity contribution in [1.29, 1.82) is 0 Å². The molecule has 0 aliphatic heterocycles. The summed E-state index contributed by atoms with van der Waals surface area (Å²) in [6.45, 7) is 22.7. The topological polar surface area (TPSA) is 0 Å². The number of hydrogen-bond donors (Lipinski definition) is 0. The van der Waals surface area contributed by atoms with Crippen LogP contribution in [0.3, 0.4) is 0 Å². The van der Waals surface area contributed by atoms with Crippen molar-refractivity contribution in [2.24, 2.45) is 10.8 Å². The zero-order chi connectivity index (χ0) is 29.8. The third-order valence-electron chi connectivity index (χ3n) is 8.25. The summed E-state index contributed by atoms with van der Waals surface area (Å²) in [4.78, 5) is 0. The molecule has 0 bridgehead atoms. The van der Waals surface area contributed by atoms with Gasteiger partial charge in [0.1, 0.15) is 0 Å². The van der Waals surface area contributed by atoms with E-state index in [9.17, 15) is 0 Å². The second-order valence-corrected chi connectivity index (χ2v) is 13.2. The Morgan fingerprint density at radius 1 is 0.750 bits per heavy atom. The average Bonchev–Trinajstić information content (AvgIpc) is 2.85. The lowest BCUT2D eigenvalue weighted by Crippen LogP contribution is -2.19. The second kappa shape index (κ2) is 15.8. The van der Waals surface area contributed by atoms with Crippen molar-refractivity contribution in [3.63, 3.8) is 0 Å². The molecule has 0 saturated heterocycles. The van der Waals surface area contributed by atoms with Crippen LogP contribution in [0.25, 0.3) is 0 Å². The molecule has 0 fully saturated rings. The van der Waals surface area contributed by atoms with Crippen LogP contribution in [0.4, 0.5) is 0 Å². The van der Waals surface area contributed by atoms with E-state index in [1.807, 2.05) is 0 Å². The van der Waals surface area contributed by atoms with E-state index in [0.29, 0.717) is 5.41 Å². The molecule has 0 unspecified atom stereocenters. The molecular formula is C40H56. The molecule has 40 heavy (non-hydrogen) atoms. The van der Waals surface area contributed by atoms with E-state index in [2.05, 4.69) is 154 Å². The highest BCUT2D eigenvalue weighted by molar-refractivity contribution is 5.41. The molecule has 0 saturated carbocycles. The van der Waals surface area contributed by atoms with Gasteiger partial charge in [-0.1, -0.05) is 146 Å². The smallest absolute Gasteiger partial charge is 0.00749 e. The lowest BCUT2D eigenvalue weighted by molar-refractivity contribution is 0.377. The minimum absolute atomic E-state index is 0.129. The summed E-state index contributed by atoms with van der Waals surface area (Å²) in [6, 6.07) is 0. The summed E-state index contributed by atoms with van der Waals surface area (Å²) in [5.74, 6) is 0. The molecule has 0 aromatic heterocycles. The number of hydrogen-bond acceptors (Lipinski definition) is 0. The van der Waals surface area contributed by atoms with E-state index >= 15 is 0 Å². The van der Waals surface area contributed by atoms with Gasteiger partial charge in [0.25, 0.3) is 0 Å². The van der Waals surface area contributed by atoms with Crippen molar-refractivity contribution in [3.05, 3.63) is 130 Å². The van der Waals surface area contributed by atoms with Crippen molar-refractivity contribution in [2.45, 2.75) is 108 Å². The first-order chi connectivity index (χ1) is 18.8. The van der Waals surface area contributed by atoms with Gasteiger partial charge in [0.05, 0.1) is 0 Å². The summed E-state index contributed by atoms with van der Waals surface area (Å²) < 4.78 is 0. The standard InChI is InChI=1S/C40H56/c1-31(19-13-21-33(3)25-27-37-35(5)23-15-29-39(37,7)8)17-11-12-18-32(2)20-14-22-34(4)26-28-38-36(6)24-16-30-40(38,9)10/h11-13,16-19,21-22,25-28,30H,14-15,20,23-24,29H2,1-10H3/b12-11+,19-13+,27-25+,28-26+,31-17+,32-18+,33-21+,34-22+. The Morgan fingerprint density at radius 3 is 2.08 bits per heavy atom. The fraction of sp³-hybridized carbons (Fsp3) is 0.450. The maximum atomic E-state index is 2.37. The Balaban J connectivity index is 1.83. The first-order valence-electron chi connectivity index (χ1n) is 15.3. The van der Waals surface area contributed by atoms with Gasteiger partial charge in [-0.05, 0) is 96.6 Å². The van der Waals surface area contributed by atoms with Crippen LogP contribution in [0.15, 0.2) is 130 Å². The van der Waals surface area contributed by atoms with Crippen LogP contribution in [0, 0.1) is 10.8 Å². The van der Waals surface area contributed by atoms with Crippen molar-refractivity contribution in [1.82, 2.24) is 0 Å². The predicted octanol–water partition coefficient (Wildman–Crippen LogP) is 12.6. The lowest BCUT2D eigenvalue weighted by atomic mass is 9.72. The molecule has 0 nitrogen and oxygen atoms in total. The molecule has 0 aromatic rings. The SMILES string of the molecule is CC1=C(/C=C/C(C)=C/CC/C(C)=C/C=C/C=C(C)/C=C/C=C(C)/C=C/C2=C(C)CCCC2(C)C)C(C)(C)C=CC1. The predicted molar refractivity (Wildman–Crippen MR) is 181 cm³/mol. The summed E-state index contributed by atoms with van der Waals surface area (Å²) >= 11 is 0. The quantitative estimate of drug-likeness (QED) is 0.182. The van der Waals surface area contributed by atoms with Gasteiger partial charge in [-0.25, -0.2) is 0 Å². The van der Waals surface area contributed by atoms with E-state index in [4.69, 9.17) is 0 Å². The third-order valence-corrected chi connectivity index (χ3v) is 8.25. The highest BCUT2D eigenvalue weighted by atomic mass is 14.3. The molecule has 0 atom stereocenters. The summed E-state index contributed by atoms with van der Waals surface area (Å²) in [7, 11) is 0. The normalized spacial score (nSPS) is 21.4. The highest BCUT2D eigenvalue weighted by Gasteiger charge is 2.26. The van der Waals surface area contributed by atoms with E-state index in [1.54, 1.807) is 5.57 Å². The minimum Gasteiger partial charge on any atom is -0.0836 e. The van der Waals surface area contributed by atoms with Crippen LogP contribution < -0.4 is 0 Å². The van der Waals surface area contributed by atoms with Crippen LogP contribution in [-0.4, -0.2) is 0 Å². The van der Waals surface area contributed by atoms with Crippen molar-refractivity contribution >= 4 is 0 Å². The molecule has 2 aliphatic carbocycles. The molecule has 2 rings (SSSR count). The second-order valence-electron chi connectivity index (χ2n) is 13.2. The van der Waals surface area contributed by atoms with Gasteiger partial charge in [0.15, 0.2) is 0 Å². The van der Waals surface area contributed by atoms with Gasteiger partial charge in [0.2, 0.25) is 0 Å². The molecule has 0 amide bonds. The zero-order valence-electron chi connectivity index (χ0n) is 27.3. The molecule has 0 N–H and O–H groups in total. The van der Waals surface area contributed by atoms with E-state index < -0.39 is 0 Å².